The standard InChI is InChI=1S/C12H19N3O3/c1-2-11(12(16)17)15-6-4-14(5-7-15)9-10-3-8-18-13-10/h3,8,11H,2,4-7,9H2,1H3,(H,16,17). The van der Waals surface area contributed by atoms with Crippen LogP contribution in [0.2, 0.25) is 0 Å². The average molecular weight is 253 g/mol. The van der Waals surface area contributed by atoms with Gasteiger partial charge in [0.15, 0.2) is 0 Å². The number of carboxylic acid groups (broad SMARTS) is 1. The molecule has 1 fully saturated rings. The van der Waals surface area contributed by atoms with Gasteiger partial charge in [0.1, 0.15) is 12.3 Å². The van der Waals surface area contributed by atoms with E-state index >= 15 is 0 Å². The molecule has 0 spiro atoms. The average Bonchev–Trinajstić information content (AvgIpc) is 2.84. The van der Waals surface area contributed by atoms with Gasteiger partial charge in [0.25, 0.3) is 0 Å². The molecular weight excluding hydrogens is 234 g/mol. The second kappa shape index (κ2) is 5.97. The summed E-state index contributed by atoms with van der Waals surface area (Å²) in [5.74, 6) is -0.720. The Morgan fingerprint density at radius 2 is 2.22 bits per heavy atom. The van der Waals surface area contributed by atoms with Gasteiger partial charge in [-0.05, 0) is 6.42 Å². The van der Waals surface area contributed by atoms with Crippen molar-refractivity contribution >= 4 is 5.97 Å². The summed E-state index contributed by atoms with van der Waals surface area (Å²) in [7, 11) is 0. The fourth-order valence-corrected chi connectivity index (χ4v) is 2.37. The lowest BCUT2D eigenvalue weighted by atomic mass is 10.1. The molecular formula is C12H19N3O3. The van der Waals surface area contributed by atoms with E-state index in [0.717, 1.165) is 38.4 Å². The third-order valence-corrected chi connectivity index (χ3v) is 3.40. The van der Waals surface area contributed by atoms with Crippen molar-refractivity contribution < 1.29 is 14.4 Å². The third-order valence-electron chi connectivity index (χ3n) is 3.40. The molecule has 1 N–H and O–H groups in total. The van der Waals surface area contributed by atoms with E-state index in [2.05, 4.69) is 10.1 Å². The van der Waals surface area contributed by atoms with Gasteiger partial charge in [0.05, 0.1) is 5.69 Å². The van der Waals surface area contributed by atoms with E-state index in [9.17, 15) is 4.79 Å². The fraction of sp³-hybridized carbons (Fsp3) is 0.667. The van der Waals surface area contributed by atoms with E-state index < -0.39 is 5.97 Å². The van der Waals surface area contributed by atoms with Crippen molar-refractivity contribution in [2.75, 3.05) is 26.2 Å². The molecule has 2 rings (SSSR count). The minimum absolute atomic E-state index is 0.348. The molecule has 0 bridgehead atoms. The van der Waals surface area contributed by atoms with Gasteiger partial charge in [-0.1, -0.05) is 12.1 Å². The highest BCUT2D eigenvalue weighted by Crippen LogP contribution is 2.11. The molecule has 18 heavy (non-hydrogen) atoms. The van der Waals surface area contributed by atoms with Gasteiger partial charge in [-0.2, -0.15) is 0 Å². The summed E-state index contributed by atoms with van der Waals surface area (Å²) in [6.07, 6.45) is 2.22. The first kappa shape index (κ1) is 13.0. The molecule has 1 atom stereocenters. The summed E-state index contributed by atoms with van der Waals surface area (Å²) in [4.78, 5) is 15.4. The number of rotatable bonds is 5. The van der Waals surface area contributed by atoms with Crippen molar-refractivity contribution in [3.8, 4) is 0 Å². The maximum atomic E-state index is 11.1. The van der Waals surface area contributed by atoms with Crippen molar-refractivity contribution in [2.24, 2.45) is 0 Å². The topological polar surface area (TPSA) is 69.8 Å². The van der Waals surface area contributed by atoms with Gasteiger partial charge in [0, 0.05) is 38.8 Å². The van der Waals surface area contributed by atoms with E-state index in [-0.39, 0.29) is 6.04 Å². The van der Waals surface area contributed by atoms with Gasteiger partial charge >= 0.3 is 5.97 Å². The van der Waals surface area contributed by atoms with Crippen LogP contribution in [0, 0.1) is 0 Å². The second-order valence-electron chi connectivity index (χ2n) is 4.57. The van der Waals surface area contributed by atoms with Crippen LogP contribution >= 0.6 is 0 Å². The molecule has 1 unspecified atom stereocenters. The first-order chi connectivity index (χ1) is 8.70. The molecule has 1 aliphatic heterocycles. The van der Waals surface area contributed by atoms with Gasteiger partial charge in [-0.15, -0.1) is 0 Å². The Balaban J connectivity index is 1.82. The molecule has 1 aliphatic rings. The maximum absolute atomic E-state index is 11.1. The summed E-state index contributed by atoms with van der Waals surface area (Å²) in [5, 5.41) is 13.0. The van der Waals surface area contributed by atoms with Gasteiger partial charge < -0.3 is 9.63 Å². The fourth-order valence-electron chi connectivity index (χ4n) is 2.37. The molecule has 1 saturated heterocycles. The van der Waals surface area contributed by atoms with Crippen LogP contribution in [0.5, 0.6) is 0 Å². The van der Waals surface area contributed by atoms with E-state index in [1.54, 1.807) is 6.26 Å². The maximum Gasteiger partial charge on any atom is 0.320 e. The Kier molecular flexibility index (Phi) is 4.33. The molecule has 0 radical (unpaired) electrons. The highest BCUT2D eigenvalue weighted by atomic mass is 16.5. The van der Waals surface area contributed by atoms with E-state index in [4.69, 9.17) is 9.63 Å². The SMILES string of the molecule is CCC(C(=O)O)N1CCN(Cc2ccon2)CC1. The lowest BCUT2D eigenvalue weighted by Crippen LogP contribution is -2.52. The summed E-state index contributed by atoms with van der Waals surface area (Å²) in [6, 6.07) is 1.51. The first-order valence-electron chi connectivity index (χ1n) is 6.29. The van der Waals surface area contributed by atoms with E-state index in [0.29, 0.717) is 6.42 Å². The first-order valence-corrected chi connectivity index (χ1v) is 6.29. The Morgan fingerprint density at radius 3 is 2.72 bits per heavy atom. The zero-order valence-corrected chi connectivity index (χ0v) is 10.6. The molecule has 100 valence electrons. The minimum Gasteiger partial charge on any atom is -0.480 e. The summed E-state index contributed by atoms with van der Waals surface area (Å²) in [6.45, 7) is 6.02. The van der Waals surface area contributed by atoms with Gasteiger partial charge in [-0.25, -0.2) is 0 Å². The number of nitrogens with zero attached hydrogens (tertiary/aromatic N) is 3. The van der Waals surface area contributed by atoms with Crippen molar-refractivity contribution in [3.05, 3.63) is 18.0 Å². The van der Waals surface area contributed by atoms with Crippen LogP contribution in [0.25, 0.3) is 0 Å². The normalized spacial score (nSPS) is 19.8. The molecule has 0 amide bonds. The molecule has 2 heterocycles. The molecule has 6 heteroatoms. The quantitative estimate of drug-likeness (QED) is 0.831. The lowest BCUT2D eigenvalue weighted by Gasteiger charge is -2.37. The highest BCUT2D eigenvalue weighted by Gasteiger charge is 2.27. The van der Waals surface area contributed by atoms with Crippen LogP contribution in [0.3, 0.4) is 0 Å². The Hall–Kier alpha value is -1.40. The predicted molar refractivity (Wildman–Crippen MR) is 65.1 cm³/mol. The Labute approximate surface area is 106 Å². The third kappa shape index (κ3) is 3.08. The summed E-state index contributed by atoms with van der Waals surface area (Å²) < 4.78 is 4.80. The van der Waals surface area contributed by atoms with Crippen molar-refractivity contribution in [1.29, 1.82) is 0 Å². The summed E-state index contributed by atoms with van der Waals surface area (Å²) in [5.41, 5.74) is 0.925. The van der Waals surface area contributed by atoms with Crippen LogP contribution in [0.15, 0.2) is 16.9 Å². The van der Waals surface area contributed by atoms with Crippen molar-refractivity contribution in [2.45, 2.75) is 25.9 Å². The molecule has 6 nitrogen and oxygen atoms in total. The number of piperazine rings is 1. The number of carbonyl (C=O) groups is 1. The minimum atomic E-state index is -0.720. The number of hydrogen-bond acceptors (Lipinski definition) is 5. The van der Waals surface area contributed by atoms with Crippen LogP contribution in [0.4, 0.5) is 0 Å². The molecule has 0 aromatic carbocycles. The lowest BCUT2D eigenvalue weighted by molar-refractivity contribution is -0.144. The largest absolute Gasteiger partial charge is 0.480 e. The van der Waals surface area contributed by atoms with Crippen molar-refractivity contribution in [1.82, 2.24) is 15.0 Å². The number of aromatic nitrogens is 1. The molecule has 0 aliphatic carbocycles. The zero-order chi connectivity index (χ0) is 13.0. The van der Waals surface area contributed by atoms with Gasteiger partial charge in [-0.3, -0.25) is 14.6 Å². The zero-order valence-electron chi connectivity index (χ0n) is 10.6. The number of carboxylic acids is 1. The van der Waals surface area contributed by atoms with Gasteiger partial charge in [0.2, 0.25) is 0 Å². The molecule has 1 aromatic heterocycles. The smallest absolute Gasteiger partial charge is 0.320 e. The Bertz CT molecular complexity index is 372. The van der Waals surface area contributed by atoms with Crippen LogP contribution in [0.1, 0.15) is 19.0 Å². The number of hydrogen-bond donors (Lipinski definition) is 1. The Morgan fingerprint density at radius 1 is 1.50 bits per heavy atom. The number of aliphatic carboxylic acids is 1. The molecule has 0 saturated carbocycles. The van der Waals surface area contributed by atoms with E-state index in [1.165, 1.54) is 0 Å². The van der Waals surface area contributed by atoms with Crippen LogP contribution < -0.4 is 0 Å². The predicted octanol–water partition coefficient (Wildman–Crippen LogP) is 0.655. The van der Waals surface area contributed by atoms with Crippen LogP contribution in [-0.4, -0.2) is 58.3 Å². The monoisotopic (exact) mass is 253 g/mol. The van der Waals surface area contributed by atoms with E-state index in [1.807, 2.05) is 17.9 Å². The van der Waals surface area contributed by atoms with Crippen LogP contribution in [-0.2, 0) is 11.3 Å². The summed E-state index contributed by atoms with van der Waals surface area (Å²) >= 11 is 0. The molecule has 1 aromatic rings. The second-order valence-corrected chi connectivity index (χ2v) is 4.57. The highest BCUT2D eigenvalue weighted by molar-refractivity contribution is 5.73. The van der Waals surface area contributed by atoms with Crippen molar-refractivity contribution in [3.63, 3.8) is 0 Å².